The van der Waals surface area contributed by atoms with Crippen molar-refractivity contribution in [3.63, 3.8) is 0 Å². The van der Waals surface area contributed by atoms with Gasteiger partial charge in [-0.05, 0) is 49.7 Å². The Labute approximate surface area is 172 Å². The number of carbonyl (C=O) groups excluding carboxylic acids is 2. The lowest BCUT2D eigenvalue weighted by atomic mass is 10.0. The van der Waals surface area contributed by atoms with Gasteiger partial charge in [-0.2, -0.15) is 0 Å². The highest BCUT2D eigenvalue weighted by Gasteiger charge is 2.14. The van der Waals surface area contributed by atoms with E-state index >= 15 is 0 Å². The van der Waals surface area contributed by atoms with Crippen LogP contribution in [0.2, 0.25) is 0 Å². The van der Waals surface area contributed by atoms with Gasteiger partial charge in [-0.15, -0.1) is 0 Å². The average molecular weight is 395 g/mol. The van der Waals surface area contributed by atoms with Crippen molar-refractivity contribution in [2.45, 2.75) is 38.1 Å². The fraction of sp³-hybridized carbons (Fsp3) is 0.391. The van der Waals surface area contributed by atoms with Crippen LogP contribution in [0.3, 0.4) is 0 Å². The number of amides is 2. The van der Waals surface area contributed by atoms with Crippen LogP contribution in [0.15, 0.2) is 54.6 Å². The van der Waals surface area contributed by atoms with E-state index in [-0.39, 0.29) is 24.3 Å². The van der Waals surface area contributed by atoms with E-state index in [1.54, 1.807) is 12.1 Å². The minimum atomic E-state index is -0.354. The normalized spacial score (nSPS) is 15.9. The van der Waals surface area contributed by atoms with E-state index in [1.165, 1.54) is 12.8 Å². The monoisotopic (exact) mass is 394 g/mol. The molecule has 0 aromatic heterocycles. The first-order chi connectivity index (χ1) is 14.1. The summed E-state index contributed by atoms with van der Waals surface area (Å²) in [4.78, 5) is 26.9. The minimum absolute atomic E-state index is 0.0264. The van der Waals surface area contributed by atoms with Gasteiger partial charge < -0.3 is 16.4 Å². The molecule has 0 bridgehead atoms. The predicted octanol–water partition coefficient (Wildman–Crippen LogP) is 3.53. The second kappa shape index (κ2) is 10.7. The van der Waals surface area contributed by atoms with Crippen LogP contribution in [0.1, 0.15) is 43.7 Å². The SMILES string of the molecule is NC(CC(=O)Nc1cccc(NC(=O)CN2CCCCCC2)c1)c1ccccc1. The summed E-state index contributed by atoms with van der Waals surface area (Å²) >= 11 is 0. The van der Waals surface area contributed by atoms with Crippen LogP contribution in [-0.2, 0) is 9.59 Å². The molecule has 0 spiro atoms. The van der Waals surface area contributed by atoms with Crippen LogP contribution in [-0.4, -0.2) is 36.3 Å². The van der Waals surface area contributed by atoms with Crippen molar-refractivity contribution in [1.82, 2.24) is 4.90 Å². The molecule has 1 aliphatic rings. The lowest BCUT2D eigenvalue weighted by Gasteiger charge is -2.19. The first-order valence-electron chi connectivity index (χ1n) is 10.3. The fourth-order valence-corrected chi connectivity index (χ4v) is 3.60. The third-order valence-corrected chi connectivity index (χ3v) is 5.13. The summed E-state index contributed by atoms with van der Waals surface area (Å²) in [5.74, 6) is -0.184. The molecule has 1 fully saturated rings. The van der Waals surface area contributed by atoms with E-state index in [2.05, 4.69) is 15.5 Å². The van der Waals surface area contributed by atoms with E-state index in [0.29, 0.717) is 17.9 Å². The maximum atomic E-state index is 12.4. The molecule has 1 atom stereocenters. The van der Waals surface area contributed by atoms with E-state index in [1.807, 2.05) is 42.5 Å². The Kier molecular flexibility index (Phi) is 7.78. The fourth-order valence-electron chi connectivity index (χ4n) is 3.60. The van der Waals surface area contributed by atoms with Crippen LogP contribution < -0.4 is 16.4 Å². The summed E-state index contributed by atoms with van der Waals surface area (Å²) in [6, 6.07) is 16.4. The summed E-state index contributed by atoms with van der Waals surface area (Å²) in [6.07, 6.45) is 4.98. The van der Waals surface area contributed by atoms with Gasteiger partial charge in [-0.3, -0.25) is 14.5 Å². The van der Waals surface area contributed by atoms with E-state index in [4.69, 9.17) is 5.73 Å². The number of nitrogens with two attached hydrogens (primary N) is 1. The Morgan fingerprint density at radius 2 is 1.48 bits per heavy atom. The topological polar surface area (TPSA) is 87.5 Å². The smallest absolute Gasteiger partial charge is 0.238 e. The van der Waals surface area contributed by atoms with Crippen molar-refractivity contribution in [3.8, 4) is 0 Å². The number of nitrogens with zero attached hydrogens (tertiary/aromatic N) is 1. The highest BCUT2D eigenvalue weighted by molar-refractivity contribution is 5.95. The molecule has 1 saturated heterocycles. The van der Waals surface area contributed by atoms with Gasteiger partial charge in [0.2, 0.25) is 11.8 Å². The maximum absolute atomic E-state index is 12.4. The lowest BCUT2D eigenvalue weighted by molar-refractivity contribution is -0.117. The second-order valence-electron chi connectivity index (χ2n) is 7.59. The van der Waals surface area contributed by atoms with Crippen molar-refractivity contribution in [2.75, 3.05) is 30.3 Å². The Hall–Kier alpha value is -2.70. The number of hydrogen-bond donors (Lipinski definition) is 3. The summed E-state index contributed by atoms with van der Waals surface area (Å²) in [5.41, 5.74) is 8.37. The van der Waals surface area contributed by atoms with Crippen molar-refractivity contribution in [2.24, 2.45) is 5.73 Å². The molecule has 0 saturated carbocycles. The molecule has 1 heterocycles. The molecular weight excluding hydrogens is 364 g/mol. The number of hydrogen-bond acceptors (Lipinski definition) is 4. The zero-order valence-electron chi connectivity index (χ0n) is 16.8. The molecule has 0 radical (unpaired) electrons. The van der Waals surface area contributed by atoms with Gasteiger partial charge in [0.15, 0.2) is 0 Å². The number of rotatable bonds is 7. The number of benzene rings is 2. The molecule has 6 heteroatoms. The predicted molar refractivity (Wildman–Crippen MR) is 117 cm³/mol. The zero-order chi connectivity index (χ0) is 20.5. The summed E-state index contributed by atoms with van der Waals surface area (Å²) < 4.78 is 0. The summed E-state index contributed by atoms with van der Waals surface area (Å²) in [5, 5.41) is 5.80. The Morgan fingerprint density at radius 1 is 0.862 bits per heavy atom. The molecule has 4 N–H and O–H groups in total. The minimum Gasteiger partial charge on any atom is -0.326 e. The van der Waals surface area contributed by atoms with Gasteiger partial charge in [0.05, 0.1) is 6.54 Å². The summed E-state index contributed by atoms with van der Waals surface area (Å²) in [6.45, 7) is 2.36. The standard InChI is InChI=1S/C23H30N4O2/c24-21(18-9-4-3-5-10-18)16-22(28)25-19-11-8-12-20(15-19)26-23(29)17-27-13-6-1-2-7-14-27/h3-5,8-12,15,21H,1-2,6-7,13-14,16-17,24H2,(H,25,28)(H,26,29). The Morgan fingerprint density at radius 3 is 2.14 bits per heavy atom. The largest absolute Gasteiger partial charge is 0.326 e. The van der Waals surface area contributed by atoms with Gasteiger partial charge in [0, 0.05) is 23.8 Å². The van der Waals surface area contributed by atoms with Gasteiger partial charge in [0.25, 0.3) is 0 Å². The highest BCUT2D eigenvalue weighted by atomic mass is 16.2. The van der Waals surface area contributed by atoms with Crippen molar-refractivity contribution < 1.29 is 9.59 Å². The molecule has 2 amide bonds. The van der Waals surface area contributed by atoms with Gasteiger partial charge in [-0.25, -0.2) is 0 Å². The quantitative estimate of drug-likeness (QED) is 0.670. The van der Waals surface area contributed by atoms with Crippen LogP contribution in [0, 0.1) is 0 Å². The highest BCUT2D eigenvalue weighted by Crippen LogP contribution is 2.18. The number of nitrogens with one attached hydrogen (secondary N) is 2. The molecule has 2 aromatic rings. The molecule has 0 aliphatic carbocycles. The molecule has 6 nitrogen and oxygen atoms in total. The van der Waals surface area contributed by atoms with Crippen LogP contribution in [0.5, 0.6) is 0 Å². The van der Waals surface area contributed by atoms with Crippen LogP contribution in [0.4, 0.5) is 11.4 Å². The Balaban J connectivity index is 1.50. The summed E-state index contributed by atoms with van der Waals surface area (Å²) in [7, 11) is 0. The van der Waals surface area contributed by atoms with Crippen molar-refractivity contribution in [1.29, 1.82) is 0 Å². The second-order valence-corrected chi connectivity index (χ2v) is 7.59. The van der Waals surface area contributed by atoms with Gasteiger partial charge >= 0.3 is 0 Å². The third-order valence-electron chi connectivity index (χ3n) is 5.13. The number of likely N-dealkylation sites (tertiary alicyclic amines) is 1. The lowest BCUT2D eigenvalue weighted by Crippen LogP contribution is -2.33. The molecule has 29 heavy (non-hydrogen) atoms. The molecular formula is C23H30N4O2. The molecule has 1 aliphatic heterocycles. The van der Waals surface area contributed by atoms with E-state index < -0.39 is 0 Å². The van der Waals surface area contributed by atoms with Gasteiger partial charge in [-0.1, -0.05) is 49.2 Å². The van der Waals surface area contributed by atoms with Crippen molar-refractivity contribution in [3.05, 3.63) is 60.2 Å². The van der Waals surface area contributed by atoms with Crippen molar-refractivity contribution >= 4 is 23.2 Å². The molecule has 3 rings (SSSR count). The third kappa shape index (κ3) is 7.00. The van der Waals surface area contributed by atoms with E-state index in [0.717, 1.165) is 31.5 Å². The molecule has 154 valence electrons. The average Bonchev–Trinajstić information content (AvgIpc) is 2.97. The molecule has 1 unspecified atom stereocenters. The maximum Gasteiger partial charge on any atom is 0.238 e. The first-order valence-corrected chi connectivity index (χ1v) is 10.3. The van der Waals surface area contributed by atoms with Crippen LogP contribution in [0.25, 0.3) is 0 Å². The molecule has 2 aromatic carbocycles. The number of carbonyl (C=O) groups is 2. The van der Waals surface area contributed by atoms with E-state index in [9.17, 15) is 9.59 Å². The zero-order valence-corrected chi connectivity index (χ0v) is 16.8. The first kappa shape index (κ1) is 21.0. The van der Waals surface area contributed by atoms with Crippen LogP contribution >= 0.6 is 0 Å². The number of anilines is 2. The Bertz CT molecular complexity index is 802. The van der Waals surface area contributed by atoms with Gasteiger partial charge in [0.1, 0.15) is 0 Å².